The molecular formula is C22H29N5OS. The molecule has 0 unspecified atom stereocenters. The zero-order valence-corrected chi connectivity index (χ0v) is 18.5. The van der Waals surface area contributed by atoms with Crippen molar-refractivity contribution >= 4 is 28.2 Å². The van der Waals surface area contributed by atoms with Crippen LogP contribution in [0, 0.1) is 20.8 Å². The normalized spacial score (nSPS) is 15.2. The number of nitrogens with one attached hydrogen (secondary N) is 1. The van der Waals surface area contributed by atoms with E-state index in [-0.39, 0.29) is 0 Å². The predicted octanol–water partition coefficient (Wildman–Crippen LogP) is 4.17. The van der Waals surface area contributed by atoms with Crippen LogP contribution in [0.25, 0.3) is 10.9 Å². The summed E-state index contributed by atoms with van der Waals surface area (Å²) in [4.78, 5) is 17.9. The van der Waals surface area contributed by atoms with Gasteiger partial charge in [0.25, 0.3) is 0 Å². The topological polar surface area (TPSA) is 63.2 Å². The van der Waals surface area contributed by atoms with Crippen LogP contribution in [-0.2, 0) is 6.54 Å². The van der Waals surface area contributed by atoms with E-state index in [4.69, 9.17) is 14.7 Å². The molecule has 1 fully saturated rings. The Balaban J connectivity index is 1.38. The van der Waals surface area contributed by atoms with E-state index in [0.717, 1.165) is 66.5 Å². The van der Waals surface area contributed by atoms with Gasteiger partial charge in [0.2, 0.25) is 5.95 Å². The van der Waals surface area contributed by atoms with Gasteiger partial charge in [0.1, 0.15) is 10.8 Å². The lowest BCUT2D eigenvalue weighted by Crippen LogP contribution is -2.43. The van der Waals surface area contributed by atoms with E-state index in [1.54, 1.807) is 11.3 Å². The lowest BCUT2D eigenvalue weighted by atomic mass is 10.1. The number of nitrogens with zero attached hydrogens (tertiary/aromatic N) is 4. The summed E-state index contributed by atoms with van der Waals surface area (Å²) in [5.74, 6) is 1.71. The summed E-state index contributed by atoms with van der Waals surface area (Å²) in [6, 6.07) is 6.58. The summed E-state index contributed by atoms with van der Waals surface area (Å²) in [5, 5.41) is 5.92. The van der Waals surface area contributed by atoms with Crippen molar-refractivity contribution in [1.82, 2.24) is 20.3 Å². The second-order valence-corrected chi connectivity index (χ2v) is 8.90. The van der Waals surface area contributed by atoms with Crippen LogP contribution in [0.5, 0.6) is 5.75 Å². The highest BCUT2D eigenvalue weighted by atomic mass is 32.1. The summed E-state index contributed by atoms with van der Waals surface area (Å²) in [7, 11) is 0. The number of thiazole rings is 1. The Morgan fingerprint density at radius 1 is 1.10 bits per heavy atom. The standard InChI is InChI=1S/C22H29N5OS/c1-5-28-18-6-7-20-19(12-18)15(3)25-22(26-20)27-10-8-17(9-11-27)23-13-21-24-14(2)16(4)29-21/h6-7,12,17,23H,5,8-11,13H2,1-4H3. The van der Waals surface area contributed by atoms with Crippen molar-refractivity contribution in [2.45, 2.75) is 53.1 Å². The highest BCUT2D eigenvalue weighted by Crippen LogP contribution is 2.25. The Morgan fingerprint density at radius 2 is 1.90 bits per heavy atom. The van der Waals surface area contributed by atoms with Gasteiger partial charge < -0.3 is 15.0 Å². The Hall–Kier alpha value is -2.25. The van der Waals surface area contributed by atoms with E-state index in [2.05, 4.69) is 36.0 Å². The van der Waals surface area contributed by atoms with E-state index in [0.29, 0.717) is 12.6 Å². The van der Waals surface area contributed by atoms with Gasteiger partial charge >= 0.3 is 0 Å². The first-order valence-electron chi connectivity index (χ1n) is 10.4. The van der Waals surface area contributed by atoms with Crippen LogP contribution in [0.2, 0.25) is 0 Å². The fraction of sp³-hybridized carbons (Fsp3) is 0.500. The molecular weight excluding hydrogens is 382 g/mol. The monoisotopic (exact) mass is 411 g/mol. The molecule has 1 aliphatic heterocycles. The van der Waals surface area contributed by atoms with Gasteiger partial charge in [-0.3, -0.25) is 0 Å². The van der Waals surface area contributed by atoms with Crippen LogP contribution in [-0.4, -0.2) is 40.7 Å². The maximum absolute atomic E-state index is 5.61. The minimum absolute atomic E-state index is 0.520. The molecule has 0 saturated carbocycles. The second-order valence-electron chi connectivity index (χ2n) is 7.61. The lowest BCUT2D eigenvalue weighted by molar-refractivity contribution is 0.340. The van der Waals surface area contributed by atoms with Crippen molar-refractivity contribution < 1.29 is 4.74 Å². The fourth-order valence-electron chi connectivity index (χ4n) is 3.77. The molecule has 0 radical (unpaired) electrons. The summed E-state index contributed by atoms with van der Waals surface area (Å²) in [6.45, 7) is 11.7. The van der Waals surface area contributed by atoms with E-state index in [9.17, 15) is 0 Å². The number of aromatic nitrogens is 3. The Morgan fingerprint density at radius 3 is 2.59 bits per heavy atom. The molecule has 4 rings (SSSR count). The van der Waals surface area contributed by atoms with Gasteiger partial charge in [-0.1, -0.05) is 0 Å². The molecule has 0 amide bonds. The van der Waals surface area contributed by atoms with Crippen LogP contribution < -0.4 is 15.0 Å². The molecule has 6 nitrogen and oxygen atoms in total. The first-order valence-corrected chi connectivity index (χ1v) is 11.2. The zero-order chi connectivity index (χ0) is 20.4. The van der Waals surface area contributed by atoms with Crippen molar-refractivity contribution in [3.63, 3.8) is 0 Å². The van der Waals surface area contributed by atoms with Crippen LogP contribution in [0.3, 0.4) is 0 Å². The van der Waals surface area contributed by atoms with Crippen molar-refractivity contribution in [2.75, 3.05) is 24.6 Å². The van der Waals surface area contributed by atoms with Gasteiger partial charge in [-0.2, -0.15) is 0 Å². The molecule has 154 valence electrons. The van der Waals surface area contributed by atoms with Crippen molar-refractivity contribution in [1.29, 1.82) is 0 Å². The van der Waals surface area contributed by atoms with Gasteiger partial charge in [-0.25, -0.2) is 15.0 Å². The summed E-state index contributed by atoms with van der Waals surface area (Å²) in [6.07, 6.45) is 2.18. The van der Waals surface area contributed by atoms with Gasteiger partial charge in [0, 0.05) is 35.9 Å². The molecule has 0 aliphatic carbocycles. The SMILES string of the molecule is CCOc1ccc2nc(N3CCC(NCc4nc(C)c(C)s4)CC3)nc(C)c2c1. The lowest BCUT2D eigenvalue weighted by Gasteiger charge is -2.32. The minimum atomic E-state index is 0.520. The van der Waals surface area contributed by atoms with Gasteiger partial charge in [0.05, 0.1) is 23.5 Å². The van der Waals surface area contributed by atoms with E-state index >= 15 is 0 Å². The maximum atomic E-state index is 5.61. The quantitative estimate of drug-likeness (QED) is 0.657. The molecule has 0 bridgehead atoms. The minimum Gasteiger partial charge on any atom is -0.494 e. The highest BCUT2D eigenvalue weighted by Gasteiger charge is 2.22. The Labute approximate surface area is 176 Å². The molecule has 1 N–H and O–H groups in total. The van der Waals surface area contributed by atoms with Crippen LogP contribution in [0.4, 0.5) is 5.95 Å². The highest BCUT2D eigenvalue weighted by molar-refractivity contribution is 7.11. The first kappa shape index (κ1) is 20.0. The number of anilines is 1. The summed E-state index contributed by atoms with van der Waals surface area (Å²) in [5.41, 5.74) is 3.13. The molecule has 29 heavy (non-hydrogen) atoms. The van der Waals surface area contributed by atoms with E-state index < -0.39 is 0 Å². The maximum Gasteiger partial charge on any atom is 0.226 e. The number of ether oxygens (including phenoxy) is 1. The zero-order valence-electron chi connectivity index (χ0n) is 17.7. The van der Waals surface area contributed by atoms with Crippen molar-refractivity contribution in [2.24, 2.45) is 0 Å². The molecule has 7 heteroatoms. The molecule has 1 aliphatic rings. The molecule has 0 spiro atoms. The van der Waals surface area contributed by atoms with Crippen LogP contribution in [0.1, 0.15) is 41.0 Å². The molecule has 2 aromatic heterocycles. The van der Waals surface area contributed by atoms with E-state index in [1.165, 1.54) is 9.88 Å². The largest absolute Gasteiger partial charge is 0.494 e. The smallest absolute Gasteiger partial charge is 0.226 e. The number of benzene rings is 1. The Bertz CT molecular complexity index is 975. The molecule has 3 heterocycles. The Kier molecular flexibility index (Phi) is 5.96. The van der Waals surface area contributed by atoms with Crippen LogP contribution >= 0.6 is 11.3 Å². The average molecular weight is 412 g/mol. The second kappa shape index (κ2) is 8.63. The van der Waals surface area contributed by atoms with Crippen LogP contribution in [0.15, 0.2) is 18.2 Å². The molecule has 3 aromatic rings. The number of rotatable bonds is 6. The third kappa shape index (κ3) is 4.51. The number of piperidine rings is 1. The number of hydrogen-bond donors (Lipinski definition) is 1. The summed E-state index contributed by atoms with van der Waals surface area (Å²) >= 11 is 1.79. The molecule has 1 aromatic carbocycles. The fourth-order valence-corrected chi connectivity index (χ4v) is 4.66. The van der Waals surface area contributed by atoms with Gasteiger partial charge in [-0.05, 0) is 58.7 Å². The molecule has 1 saturated heterocycles. The number of hydrogen-bond acceptors (Lipinski definition) is 7. The molecule has 0 atom stereocenters. The number of aryl methyl sites for hydroxylation is 3. The third-order valence-corrected chi connectivity index (χ3v) is 6.62. The predicted molar refractivity (Wildman–Crippen MR) is 119 cm³/mol. The average Bonchev–Trinajstić information content (AvgIpc) is 3.05. The van der Waals surface area contributed by atoms with Crippen molar-refractivity contribution in [3.8, 4) is 5.75 Å². The number of fused-ring (bicyclic) bond motifs is 1. The van der Waals surface area contributed by atoms with Gasteiger partial charge in [0.15, 0.2) is 0 Å². The van der Waals surface area contributed by atoms with Gasteiger partial charge in [-0.15, -0.1) is 11.3 Å². The third-order valence-electron chi connectivity index (χ3n) is 5.55. The summed E-state index contributed by atoms with van der Waals surface area (Å²) < 4.78 is 5.61. The van der Waals surface area contributed by atoms with Crippen molar-refractivity contribution in [3.05, 3.63) is 39.5 Å². The first-order chi connectivity index (χ1) is 14.0. The van der Waals surface area contributed by atoms with E-state index in [1.807, 2.05) is 25.1 Å².